The van der Waals surface area contributed by atoms with E-state index in [1.165, 1.54) is 18.2 Å². The number of benzene rings is 2. The molecule has 0 bridgehead atoms. The largest absolute Gasteiger partial charge is 0.508 e. The Kier molecular flexibility index (Phi) is 4.06. The first-order chi connectivity index (χ1) is 10.0. The summed E-state index contributed by atoms with van der Waals surface area (Å²) in [5.74, 6) is -0.445. The summed E-state index contributed by atoms with van der Waals surface area (Å²) in [6.07, 6.45) is 0. The fourth-order valence-electron chi connectivity index (χ4n) is 2.02. The molecular formula is C16H12FN3O. The second kappa shape index (κ2) is 5.94. The Labute approximate surface area is 121 Å². The Bertz CT molecular complexity index is 759. The number of anilines is 1. The zero-order chi connectivity index (χ0) is 15.4. The lowest BCUT2D eigenvalue weighted by Gasteiger charge is -2.17. The summed E-state index contributed by atoms with van der Waals surface area (Å²) >= 11 is 0. The Morgan fingerprint density at radius 2 is 1.81 bits per heavy atom. The van der Waals surface area contributed by atoms with Gasteiger partial charge in [0, 0.05) is 11.3 Å². The van der Waals surface area contributed by atoms with Crippen molar-refractivity contribution in [3.8, 4) is 17.9 Å². The molecule has 104 valence electrons. The Morgan fingerprint density at radius 1 is 1.10 bits per heavy atom. The van der Waals surface area contributed by atoms with Crippen molar-refractivity contribution >= 4 is 5.69 Å². The molecule has 0 aliphatic rings. The van der Waals surface area contributed by atoms with E-state index < -0.39 is 5.82 Å². The molecule has 0 aromatic heterocycles. The zero-order valence-corrected chi connectivity index (χ0v) is 11.3. The van der Waals surface area contributed by atoms with Crippen LogP contribution < -0.4 is 5.32 Å². The smallest absolute Gasteiger partial charge is 0.123 e. The average molecular weight is 281 g/mol. The van der Waals surface area contributed by atoms with Crippen LogP contribution in [0.3, 0.4) is 0 Å². The van der Waals surface area contributed by atoms with Crippen molar-refractivity contribution < 1.29 is 9.50 Å². The van der Waals surface area contributed by atoms with Gasteiger partial charge in [0.25, 0.3) is 0 Å². The summed E-state index contributed by atoms with van der Waals surface area (Å²) in [4.78, 5) is 0. The van der Waals surface area contributed by atoms with Gasteiger partial charge in [-0.3, -0.25) is 0 Å². The van der Waals surface area contributed by atoms with Crippen LogP contribution in [0.1, 0.15) is 29.7 Å². The fourth-order valence-corrected chi connectivity index (χ4v) is 2.02. The van der Waals surface area contributed by atoms with Crippen LogP contribution in [-0.2, 0) is 0 Å². The first-order valence-corrected chi connectivity index (χ1v) is 6.24. The fraction of sp³-hybridized carbons (Fsp3) is 0.125. The monoisotopic (exact) mass is 281 g/mol. The molecular weight excluding hydrogens is 269 g/mol. The van der Waals surface area contributed by atoms with Crippen molar-refractivity contribution in [2.24, 2.45) is 0 Å². The lowest BCUT2D eigenvalue weighted by atomic mass is 10.1. The molecule has 0 saturated heterocycles. The number of aromatic hydroxyl groups is 1. The SMILES string of the molecule is CC(Nc1ccc(C#N)c(C#N)c1)c1cc(F)ccc1O. The van der Waals surface area contributed by atoms with Gasteiger partial charge in [0.2, 0.25) is 0 Å². The second-order valence-electron chi connectivity index (χ2n) is 4.55. The number of rotatable bonds is 3. The number of nitriles is 2. The van der Waals surface area contributed by atoms with Crippen molar-refractivity contribution in [3.05, 3.63) is 58.9 Å². The van der Waals surface area contributed by atoms with Gasteiger partial charge in [-0.25, -0.2) is 4.39 Å². The third-order valence-electron chi connectivity index (χ3n) is 3.10. The van der Waals surface area contributed by atoms with Crippen LogP contribution in [0.15, 0.2) is 36.4 Å². The third kappa shape index (κ3) is 3.10. The Balaban J connectivity index is 2.28. The molecule has 2 aromatic rings. The van der Waals surface area contributed by atoms with Gasteiger partial charge < -0.3 is 10.4 Å². The van der Waals surface area contributed by atoms with E-state index >= 15 is 0 Å². The maximum absolute atomic E-state index is 13.2. The number of hydrogen-bond donors (Lipinski definition) is 2. The van der Waals surface area contributed by atoms with E-state index in [0.717, 1.165) is 0 Å². The minimum absolute atomic E-state index is 0.00875. The third-order valence-corrected chi connectivity index (χ3v) is 3.10. The molecule has 0 aliphatic carbocycles. The topological polar surface area (TPSA) is 79.8 Å². The molecule has 1 atom stereocenters. The minimum Gasteiger partial charge on any atom is -0.508 e. The van der Waals surface area contributed by atoms with Crippen molar-refractivity contribution in [3.63, 3.8) is 0 Å². The highest BCUT2D eigenvalue weighted by atomic mass is 19.1. The Hall–Kier alpha value is -3.05. The van der Waals surface area contributed by atoms with Gasteiger partial charge in [0.15, 0.2) is 0 Å². The van der Waals surface area contributed by atoms with Crippen molar-refractivity contribution in [1.82, 2.24) is 0 Å². The molecule has 0 radical (unpaired) electrons. The predicted molar refractivity (Wildman–Crippen MR) is 76.0 cm³/mol. The molecule has 1 unspecified atom stereocenters. The first-order valence-electron chi connectivity index (χ1n) is 6.24. The van der Waals surface area contributed by atoms with Gasteiger partial charge in [0.05, 0.1) is 17.2 Å². The van der Waals surface area contributed by atoms with Gasteiger partial charge in [-0.15, -0.1) is 0 Å². The van der Waals surface area contributed by atoms with Crippen LogP contribution in [0, 0.1) is 28.5 Å². The van der Waals surface area contributed by atoms with Gasteiger partial charge in [-0.05, 0) is 43.3 Å². The molecule has 0 amide bonds. The molecule has 21 heavy (non-hydrogen) atoms. The second-order valence-corrected chi connectivity index (χ2v) is 4.55. The van der Waals surface area contributed by atoms with E-state index in [1.807, 2.05) is 12.1 Å². The maximum Gasteiger partial charge on any atom is 0.123 e. The standard InChI is InChI=1S/C16H12FN3O/c1-10(15-7-13(17)3-5-16(15)21)20-14-4-2-11(8-18)12(6-14)9-19/h2-7,10,20-21H,1H3. The van der Waals surface area contributed by atoms with Crippen LogP contribution in [0.2, 0.25) is 0 Å². The molecule has 2 N–H and O–H groups in total. The highest BCUT2D eigenvalue weighted by molar-refractivity contribution is 5.57. The van der Waals surface area contributed by atoms with Crippen LogP contribution >= 0.6 is 0 Å². The van der Waals surface area contributed by atoms with Gasteiger partial charge in [-0.2, -0.15) is 10.5 Å². The van der Waals surface area contributed by atoms with E-state index in [2.05, 4.69) is 5.32 Å². The van der Waals surface area contributed by atoms with E-state index in [9.17, 15) is 9.50 Å². The highest BCUT2D eigenvalue weighted by Gasteiger charge is 2.12. The normalized spacial score (nSPS) is 11.2. The molecule has 2 aromatic carbocycles. The predicted octanol–water partition coefficient (Wildman–Crippen LogP) is 3.45. The van der Waals surface area contributed by atoms with Crippen molar-refractivity contribution in [2.45, 2.75) is 13.0 Å². The lowest BCUT2D eigenvalue weighted by Crippen LogP contribution is -2.07. The first kappa shape index (κ1) is 14.4. The summed E-state index contributed by atoms with van der Waals surface area (Å²) < 4.78 is 13.2. The molecule has 2 rings (SSSR count). The molecule has 5 heteroatoms. The van der Waals surface area contributed by atoms with E-state index in [1.54, 1.807) is 25.1 Å². The molecule has 0 fully saturated rings. The maximum atomic E-state index is 13.2. The number of halogens is 1. The van der Waals surface area contributed by atoms with Crippen LogP contribution in [0.5, 0.6) is 5.75 Å². The molecule has 0 saturated carbocycles. The number of phenolic OH excluding ortho intramolecular Hbond substituents is 1. The number of nitrogens with zero attached hydrogens (tertiary/aromatic N) is 2. The van der Waals surface area contributed by atoms with Crippen LogP contribution in [0.4, 0.5) is 10.1 Å². The average Bonchev–Trinajstić information content (AvgIpc) is 2.49. The minimum atomic E-state index is -0.436. The summed E-state index contributed by atoms with van der Waals surface area (Å²) in [5.41, 5.74) is 1.59. The summed E-state index contributed by atoms with van der Waals surface area (Å²) in [5, 5.41) is 30.7. The van der Waals surface area contributed by atoms with E-state index in [0.29, 0.717) is 16.8 Å². The Morgan fingerprint density at radius 3 is 2.48 bits per heavy atom. The van der Waals surface area contributed by atoms with Crippen molar-refractivity contribution in [1.29, 1.82) is 10.5 Å². The summed E-state index contributed by atoms with van der Waals surface area (Å²) in [6, 6.07) is 12.0. The summed E-state index contributed by atoms with van der Waals surface area (Å²) in [6.45, 7) is 1.76. The lowest BCUT2D eigenvalue weighted by molar-refractivity contribution is 0.462. The number of nitrogens with one attached hydrogen (secondary N) is 1. The van der Waals surface area contributed by atoms with Gasteiger partial charge in [0.1, 0.15) is 23.7 Å². The zero-order valence-electron chi connectivity index (χ0n) is 11.3. The van der Waals surface area contributed by atoms with E-state index in [4.69, 9.17) is 10.5 Å². The van der Waals surface area contributed by atoms with E-state index in [-0.39, 0.29) is 17.4 Å². The molecule has 0 spiro atoms. The molecule has 0 heterocycles. The number of hydrogen-bond acceptors (Lipinski definition) is 4. The molecule has 4 nitrogen and oxygen atoms in total. The molecule has 0 aliphatic heterocycles. The van der Waals surface area contributed by atoms with Gasteiger partial charge >= 0.3 is 0 Å². The van der Waals surface area contributed by atoms with Crippen molar-refractivity contribution in [2.75, 3.05) is 5.32 Å². The van der Waals surface area contributed by atoms with Gasteiger partial charge in [-0.1, -0.05) is 0 Å². The van der Waals surface area contributed by atoms with Crippen LogP contribution in [-0.4, -0.2) is 5.11 Å². The summed E-state index contributed by atoms with van der Waals surface area (Å²) in [7, 11) is 0. The quantitative estimate of drug-likeness (QED) is 0.903. The number of phenols is 1. The highest BCUT2D eigenvalue weighted by Crippen LogP contribution is 2.28. The van der Waals surface area contributed by atoms with Crippen LogP contribution in [0.25, 0.3) is 0 Å².